The Kier molecular flexibility index (Phi) is 3.52. The third-order valence-corrected chi connectivity index (χ3v) is 9.44. The van der Waals surface area contributed by atoms with Crippen molar-refractivity contribution in [2.24, 2.45) is 34.5 Å². The largest absolute Gasteiger partial charge is 0.299 e. The summed E-state index contributed by atoms with van der Waals surface area (Å²) in [4.78, 5) is 12.4. The third kappa shape index (κ3) is 2.03. The molecular formula is C19H29IO. The van der Waals surface area contributed by atoms with Crippen LogP contribution >= 0.6 is 22.6 Å². The zero-order chi connectivity index (χ0) is 14.8. The van der Waals surface area contributed by atoms with Gasteiger partial charge in [0, 0.05) is 15.8 Å². The lowest BCUT2D eigenvalue weighted by molar-refractivity contribution is -0.138. The monoisotopic (exact) mass is 400 g/mol. The average molecular weight is 400 g/mol. The highest BCUT2D eigenvalue weighted by molar-refractivity contribution is 14.1. The summed E-state index contributed by atoms with van der Waals surface area (Å²) in [5.74, 6) is 4.07. The molecule has 4 fully saturated rings. The van der Waals surface area contributed by atoms with Crippen molar-refractivity contribution in [3.05, 3.63) is 0 Å². The lowest BCUT2D eigenvalue weighted by Crippen LogP contribution is -2.53. The average Bonchev–Trinajstić information content (AvgIpc) is 2.76. The van der Waals surface area contributed by atoms with Crippen molar-refractivity contribution in [1.82, 2.24) is 0 Å². The van der Waals surface area contributed by atoms with E-state index in [1.165, 1.54) is 51.4 Å². The molecule has 4 aliphatic rings. The molecule has 0 aromatic rings. The number of halogens is 1. The Balaban J connectivity index is 1.64. The number of alkyl halides is 1. The van der Waals surface area contributed by atoms with Gasteiger partial charge < -0.3 is 0 Å². The molecule has 0 heterocycles. The predicted molar refractivity (Wildman–Crippen MR) is 94.5 cm³/mol. The molecule has 0 bridgehead atoms. The Bertz CT molecular complexity index is 460. The number of carbonyl (C=O) groups is 1. The molecule has 0 radical (unpaired) electrons. The van der Waals surface area contributed by atoms with Crippen molar-refractivity contribution < 1.29 is 4.79 Å². The number of carbonyl (C=O) groups excluding carboxylic acids is 1. The first-order valence-electron chi connectivity index (χ1n) is 9.12. The van der Waals surface area contributed by atoms with Crippen LogP contribution in [0.5, 0.6) is 0 Å². The van der Waals surface area contributed by atoms with E-state index in [1.807, 2.05) is 0 Å². The number of fused-ring (bicyclic) bond motifs is 5. The summed E-state index contributed by atoms with van der Waals surface area (Å²) in [6.07, 6.45) is 11.8. The molecule has 1 nitrogen and oxygen atoms in total. The molecule has 1 unspecified atom stereocenters. The second kappa shape index (κ2) is 4.95. The molecular weight excluding hydrogens is 371 g/mol. The van der Waals surface area contributed by atoms with Crippen molar-refractivity contribution in [2.75, 3.05) is 0 Å². The van der Waals surface area contributed by atoms with Gasteiger partial charge in [0.25, 0.3) is 0 Å². The lowest BCUT2D eigenvalue weighted by atomic mass is 9.45. The minimum absolute atomic E-state index is 0.0603. The summed E-state index contributed by atoms with van der Waals surface area (Å²) in [5.41, 5.74) is 0.655. The summed E-state index contributed by atoms with van der Waals surface area (Å²) in [6, 6.07) is 0. The Hall–Kier alpha value is 0.400. The molecule has 0 aliphatic heterocycles. The van der Waals surface area contributed by atoms with Crippen LogP contribution in [-0.4, -0.2) is 9.71 Å². The van der Waals surface area contributed by atoms with E-state index in [4.69, 9.17) is 0 Å². The van der Waals surface area contributed by atoms with Gasteiger partial charge in [-0.1, -0.05) is 36.4 Å². The number of hydrogen-bond acceptors (Lipinski definition) is 1. The summed E-state index contributed by atoms with van der Waals surface area (Å²) in [7, 11) is 0. The maximum atomic E-state index is 12.4. The normalized spacial score (nSPS) is 56.5. The van der Waals surface area contributed by atoms with Crippen LogP contribution in [0.3, 0.4) is 0 Å². The van der Waals surface area contributed by atoms with E-state index in [0.717, 1.165) is 34.0 Å². The lowest BCUT2D eigenvalue weighted by Gasteiger charge is -2.60. The first-order chi connectivity index (χ1) is 9.95. The van der Waals surface area contributed by atoms with E-state index in [1.54, 1.807) is 0 Å². The van der Waals surface area contributed by atoms with Gasteiger partial charge in [0.2, 0.25) is 0 Å². The van der Waals surface area contributed by atoms with Crippen molar-refractivity contribution in [3.63, 3.8) is 0 Å². The zero-order valence-corrected chi connectivity index (χ0v) is 15.7. The Morgan fingerprint density at radius 2 is 1.81 bits per heavy atom. The Morgan fingerprint density at radius 1 is 1.00 bits per heavy atom. The third-order valence-electron chi connectivity index (χ3n) is 8.31. The van der Waals surface area contributed by atoms with Crippen molar-refractivity contribution in [2.45, 2.75) is 75.6 Å². The van der Waals surface area contributed by atoms with Crippen molar-refractivity contribution >= 4 is 28.4 Å². The maximum Gasteiger partial charge on any atom is 0.139 e. The van der Waals surface area contributed by atoms with E-state index in [-0.39, 0.29) is 5.41 Å². The minimum atomic E-state index is 0.0603. The van der Waals surface area contributed by atoms with Crippen LogP contribution in [0.1, 0.15) is 71.6 Å². The van der Waals surface area contributed by atoms with Gasteiger partial charge in [-0.25, -0.2) is 0 Å². The van der Waals surface area contributed by atoms with Gasteiger partial charge in [0.05, 0.1) is 0 Å². The second-order valence-electron chi connectivity index (χ2n) is 8.95. The molecule has 0 aromatic carbocycles. The number of ketones is 1. The van der Waals surface area contributed by atoms with Gasteiger partial charge in [0.15, 0.2) is 0 Å². The SMILES string of the molecule is C[C@]12CC[C@@H](I)CC1CC[C@@H]1[C@@H]2CC[C@]2(C)C(=O)CC[C@@H]12. The maximum absolute atomic E-state index is 12.4. The first-order valence-corrected chi connectivity index (χ1v) is 10.4. The summed E-state index contributed by atoms with van der Waals surface area (Å²) in [5, 5.41) is 0. The molecule has 0 aromatic heterocycles. The molecule has 0 N–H and O–H groups in total. The number of Topliss-reactive ketones (excluding diaryl/α,β-unsaturated/α-hetero) is 1. The Morgan fingerprint density at radius 3 is 2.62 bits per heavy atom. The summed E-state index contributed by atoms with van der Waals surface area (Å²) < 4.78 is 0.916. The molecule has 4 rings (SSSR count). The molecule has 0 amide bonds. The van der Waals surface area contributed by atoms with Gasteiger partial charge in [-0.15, -0.1) is 0 Å². The highest BCUT2D eigenvalue weighted by Gasteiger charge is 2.59. The van der Waals surface area contributed by atoms with Crippen LogP contribution in [-0.2, 0) is 4.79 Å². The molecule has 4 saturated carbocycles. The first kappa shape index (κ1) is 15.0. The smallest absolute Gasteiger partial charge is 0.139 e. The highest BCUT2D eigenvalue weighted by atomic mass is 127. The van der Waals surface area contributed by atoms with Gasteiger partial charge in [-0.3, -0.25) is 4.79 Å². The zero-order valence-electron chi connectivity index (χ0n) is 13.5. The molecule has 118 valence electrons. The number of hydrogen-bond donors (Lipinski definition) is 0. The fourth-order valence-corrected chi connectivity index (χ4v) is 7.90. The highest BCUT2D eigenvalue weighted by Crippen LogP contribution is 2.65. The van der Waals surface area contributed by atoms with Crippen LogP contribution in [0.2, 0.25) is 0 Å². The van der Waals surface area contributed by atoms with Crippen LogP contribution in [0.15, 0.2) is 0 Å². The van der Waals surface area contributed by atoms with Gasteiger partial charge >= 0.3 is 0 Å². The Labute approximate surface area is 143 Å². The molecule has 4 aliphatic carbocycles. The van der Waals surface area contributed by atoms with Crippen LogP contribution < -0.4 is 0 Å². The van der Waals surface area contributed by atoms with E-state index >= 15 is 0 Å². The van der Waals surface area contributed by atoms with Crippen LogP contribution in [0, 0.1) is 34.5 Å². The van der Waals surface area contributed by atoms with Gasteiger partial charge in [0.1, 0.15) is 5.78 Å². The molecule has 0 saturated heterocycles. The van der Waals surface area contributed by atoms with Crippen LogP contribution in [0.25, 0.3) is 0 Å². The topological polar surface area (TPSA) is 17.1 Å². The van der Waals surface area contributed by atoms with Crippen molar-refractivity contribution in [1.29, 1.82) is 0 Å². The standard InChI is InChI=1S/C19H29IO/c1-18-9-7-13(20)11-12(18)3-4-14-15-5-6-17(21)19(15,2)10-8-16(14)18/h12-16H,3-11H2,1-2H3/t12?,13-,14+,15+,16+,18+,19+/m1/s1. The van der Waals surface area contributed by atoms with Gasteiger partial charge in [-0.2, -0.15) is 0 Å². The quantitative estimate of drug-likeness (QED) is 0.393. The fourth-order valence-electron chi connectivity index (χ4n) is 6.98. The predicted octanol–water partition coefficient (Wildman–Crippen LogP) is 5.40. The minimum Gasteiger partial charge on any atom is -0.299 e. The van der Waals surface area contributed by atoms with Crippen LogP contribution in [0.4, 0.5) is 0 Å². The molecule has 21 heavy (non-hydrogen) atoms. The van der Waals surface area contributed by atoms with Crippen molar-refractivity contribution in [3.8, 4) is 0 Å². The number of rotatable bonds is 0. The molecule has 2 heteroatoms. The van der Waals surface area contributed by atoms with Gasteiger partial charge in [-0.05, 0) is 80.5 Å². The van der Waals surface area contributed by atoms with E-state index in [2.05, 4.69) is 36.4 Å². The van der Waals surface area contributed by atoms with E-state index in [9.17, 15) is 4.79 Å². The van der Waals surface area contributed by atoms with E-state index < -0.39 is 0 Å². The summed E-state index contributed by atoms with van der Waals surface area (Å²) in [6.45, 7) is 4.93. The molecule has 0 spiro atoms. The summed E-state index contributed by atoms with van der Waals surface area (Å²) >= 11 is 2.69. The van der Waals surface area contributed by atoms with E-state index in [0.29, 0.717) is 11.2 Å². The fraction of sp³-hybridized carbons (Fsp3) is 0.947. The second-order valence-corrected chi connectivity index (χ2v) is 10.7. The molecule has 7 atom stereocenters.